The highest BCUT2D eigenvalue weighted by molar-refractivity contribution is 5.74. The molecule has 7 nitrogen and oxygen atoms in total. The zero-order chi connectivity index (χ0) is 15.1. The van der Waals surface area contributed by atoms with Crippen molar-refractivity contribution < 1.29 is 9.53 Å². The topological polar surface area (TPSA) is 72.3 Å². The van der Waals surface area contributed by atoms with E-state index in [9.17, 15) is 4.79 Å². The quantitative estimate of drug-likeness (QED) is 0.904. The zero-order valence-corrected chi connectivity index (χ0v) is 12.9. The number of carbonyl (C=O) groups is 1. The van der Waals surface area contributed by atoms with Crippen LogP contribution >= 0.6 is 0 Å². The van der Waals surface area contributed by atoms with Crippen LogP contribution in [0.5, 0.6) is 0 Å². The maximum absolute atomic E-state index is 12.6. The Labute approximate surface area is 130 Å². The van der Waals surface area contributed by atoms with E-state index in [0.29, 0.717) is 37.6 Å². The van der Waals surface area contributed by atoms with Crippen LogP contribution in [0, 0.1) is 11.8 Å². The van der Waals surface area contributed by atoms with Crippen molar-refractivity contribution in [2.45, 2.75) is 37.8 Å². The molecule has 2 saturated carbocycles. The summed E-state index contributed by atoms with van der Waals surface area (Å²) in [5, 5.41) is 11.3. The van der Waals surface area contributed by atoms with Gasteiger partial charge in [0.25, 0.3) is 0 Å². The minimum absolute atomic E-state index is 0.0549. The van der Waals surface area contributed by atoms with E-state index in [4.69, 9.17) is 4.74 Å². The molecule has 1 aliphatic heterocycles. The van der Waals surface area contributed by atoms with E-state index >= 15 is 0 Å². The average Bonchev–Trinajstić information content (AvgIpc) is 3.44. The Morgan fingerprint density at radius 3 is 2.68 bits per heavy atom. The molecule has 120 valence electrons. The number of hydrogen-bond donors (Lipinski definition) is 1. The van der Waals surface area contributed by atoms with E-state index in [1.165, 1.54) is 25.7 Å². The van der Waals surface area contributed by atoms with E-state index in [-0.39, 0.29) is 12.1 Å². The summed E-state index contributed by atoms with van der Waals surface area (Å²) in [6.07, 6.45) is 6.55. The van der Waals surface area contributed by atoms with Crippen LogP contribution in [0.25, 0.3) is 0 Å². The van der Waals surface area contributed by atoms with Crippen molar-refractivity contribution >= 4 is 6.03 Å². The second-order valence-electron chi connectivity index (χ2n) is 6.76. The van der Waals surface area contributed by atoms with E-state index in [0.717, 1.165) is 5.82 Å². The minimum atomic E-state index is -0.188. The van der Waals surface area contributed by atoms with Gasteiger partial charge in [0, 0.05) is 19.6 Å². The molecule has 2 aliphatic carbocycles. The number of aryl methyl sites for hydroxylation is 1. The van der Waals surface area contributed by atoms with E-state index in [1.807, 2.05) is 16.5 Å². The smallest absolute Gasteiger partial charge is 0.317 e. The fourth-order valence-electron chi connectivity index (χ4n) is 3.34. The van der Waals surface area contributed by atoms with Gasteiger partial charge in [-0.3, -0.25) is 0 Å². The van der Waals surface area contributed by atoms with Crippen molar-refractivity contribution in [1.29, 1.82) is 0 Å². The number of nitrogens with zero attached hydrogens (tertiary/aromatic N) is 4. The summed E-state index contributed by atoms with van der Waals surface area (Å²) < 4.78 is 7.61. The number of ether oxygens (including phenoxy) is 1. The molecule has 1 saturated heterocycles. The van der Waals surface area contributed by atoms with Gasteiger partial charge in [-0.2, -0.15) is 0 Å². The molecule has 0 spiro atoms. The molecule has 4 rings (SSSR count). The van der Waals surface area contributed by atoms with E-state index in [2.05, 4.69) is 15.5 Å². The molecule has 0 bridgehead atoms. The first-order valence-electron chi connectivity index (χ1n) is 8.23. The Bertz CT molecular complexity index is 540. The molecule has 2 heterocycles. The van der Waals surface area contributed by atoms with Gasteiger partial charge >= 0.3 is 6.03 Å². The highest BCUT2D eigenvalue weighted by Gasteiger charge is 2.43. The van der Waals surface area contributed by atoms with Crippen LogP contribution in [-0.4, -0.2) is 51.4 Å². The van der Waals surface area contributed by atoms with Crippen molar-refractivity contribution in [3.8, 4) is 0 Å². The van der Waals surface area contributed by atoms with E-state index in [1.54, 1.807) is 6.33 Å². The fraction of sp³-hybridized carbons (Fsp3) is 0.800. The molecule has 2 amide bonds. The highest BCUT2D eigenvalue weighted by atomic mass is 16.5. The van der Waals surface area contributed by atoms with Gasteiger partial charge in [-0.15, -0.1) is 10.2 Å². The summed E-state index contributed by atoms with van der Waals surface area (Å²) in [4.78, 5) is 14.5. The van der Waals surface area contributed by atoms with Gasteiger partial charge < -0.3 is 19.5 Å². The lowest BCUT2D eigenvalue weighted by molar-refractivity contribution is -0.0219. The van der Waals surface area contributed by atoms with Crippen LogP contribution in [0.1, 0.15) is 37.6 Å². The summed E-state index contributed by atoms with van der Waals surface area (Å²) in [6, 6.07) is 0.447. The Hall–Kier alpha value is -1.63. The molecule has 1 aromatic rings. The minimum Gasteiger partial charge on any atom is -0.366 e. The van der Waals surface area contributed by atoms with Crippen LogP contribution in [0.4, 0.5) is 4.79 Å². The van der Waals surface area contributed by atoms with Crippen molar-refractivity contribution in [3.05, 3.63) is 12.2 Å². The molecule has 7 heteroatoms. The predicted octanol–water partition coefficient (Wildman–Crippen LogP) is 1.09. The number of morpholine rings is 1. The number of nitrogens with one attached hydrogen (secondary N) is 1. The molecule has 1 unspecified atom stereocenters. The molecule has 3 fully saturated rings. The number of aromatic nitrogens is 3. The van der Waals surface area contributed by atoms with Gasteiger partial charge in [0.05, 0.1) is 13.2 Å². The Morgan fingerprint density at radius 1 is 1.36 bits per heavy atom. The largest absolute Gasteiger partial charge is 0.366 e. The van der Waals surface area contributed by atoms with Crippen molar-refractivity contribution in [2.24, 2.45) is 18.9 Å². The SMILES string of the molecule is Cn1cnnc1C1CN(C(=O)NC(C2CC2)C2CC2)CCO1. The summed E-state index contributed by atoms with van der Waals surface area (Å²) in [6.45, 7) is 1.73. The van der Waals surface area contributed by atoms with Crippen LogP contribution < -0.4 is 5.32 Å². The molecular weight excluding hydrogens is 282 g/mol. The Kier molecular flexibility index (Phi) is 3.52. The fourth-order valence-corrected chi connectivity index (χ4v) is 3.34. The Morgan fingerprint density at radius 2 is 2.09 bits per heavy atom. The molecule has 22 heavy (non-hydrogen) atoms. The first kappa shape index (κ1) is 14.0. The van der Waals surface area contributed by atoms with Crippen LogP contribution in [0.3, 0.4) is 0 Å². The summed E-state index contributed by atoms with van der Waals surface area (Å²) in [5.74, 6) is 2.21. The molecule has 3 aliphatic rings. The molecule has 1 atom stereocenters. The highest BCUT2D eigenvalue weighted by Crippen LogP contribution is 2.44. The van der Waals surface area contributed by atoms with Gasteiger partial charge in [0.1, 0.15) is 12.4 Å². The predicted molar refractivity (Wildman–Crippen MR) is 79.0 cm³/mol. The number of rotatable bonds is 4. The van der Waals surface area contributed by atoms with Crippen molar-refractivity contribution in [1.82, 2.24) is 25.0 Å². The third kappa shape index (κ3) is 2.82. The molecular formula is C15H23N5O2. The van der Waals surface area contributed by atoms with Gasteiger partial charge in [-0.25, -0.2) is 4.79 Å². The van der Waals surface area contributed by atoms with E-state index < -0.39 is 0 Å². The Balaban J connectivity index is 1.39. The lowest BCUT2D eigenvalue weighted by Crippen LogP contribution is -2.51. The number of urea groups is 1. The molecule has 1 aromatic heterocycles. The normalized spacial score (nSPS) is 25.5. The lowest BCUT2D eigenvalue weighted by atomic mass is 10.1. The average molecular weight is 305 g/mol. The first-order valence-corrected chi connectivity index (χ1v) is 8.23. The maximum atomic E-state index is 12.6. The van der Waals surface area contributed by atoms with Gasteiger partial charge in [0.2, 0.25) is 0 Å². The summed E-state index contributed by atoms with van der Waals surface area (Å²) in [5.41, 5.74) is 0. The maximum Gasteiger partial charge on any atom is 0.317 e. The third-order valence-corrected chi connectivity index (χ3v) is 4.94. The number of hydrogen-bond acceptors (Lipinski definition) is 4. The van der Waals surface area contributed by atoms with Crippen LogP contribution in [0.2, 0.25) is 0 Å². The number of amides is 2. The monoisotopic (exact) mass is 305 g/mol. The summed E-state index contributed by atoms with van der Waals surface area (Å²) in [7, 11) is 1.90. The van der Waals surface area contributed by atoms with Gasteiger partial charge in [-0.1, -0.05) is 0 Å². The summed E-state index contributed by atoms with van der Waals surface area (Å²) >= 11 is 0. The van der Waals surface area contributed by atoms with Crippen molar-refractivity contribution in [2.75, 3.05) is 19.7 Å². The zero-order valence-electron chi connectivity index (χ0n) is 12.9. The third-order valence-electron chi connectivity index (χ3n) is 4.94. The van der Waals surface area contributed by atoms with Gasteiger partial charge in [0.15, 0.2) is 5.82 Å². The standard InChI is InChI=1S/C15H23N5O2/c1-19-9-16-18-14(19)12-8-20(6-7-22-12)15(21)17-13(10-2-3-10)11-4-5-11/h9-13H,2-8H2,1H3,(H,17,21). The van der Waals surface area contributed by atoms with Crippen LogP contribution in [0.15, 0.2) is 6.33 Å². The van der Waals surface area contributed by atoms with Crippen molar-refractivity contribution in [3.63, 3.8) is 0 Å². The molecule has 0 radical (unpaired) electrons. The first-order chi connectivity index (χ1) is 10.7. The molecule has 1 N–H and O–H groups in total. The second-order valence-corrected chi connectivity index (χ2v) is 6.76. The van der Waals surface area contributed by atoms with Gasteiger partial charge in [-0.05, 0) is 37.5 Å². The number of carbonyl (C=O) groups excluding carboxylic acids is 1. The van der Waals surface area contributed by atoms with Crippen LogP contribution in [-0.2, 0) is 11.8 Å². The lowest BCUT2D eigenvalue weighted by Gasteiger charge is -2.33. The second kappa shape index (κ2) is 5.53. The molecule has 0 aromatic carbocycles.